The smallest absolute Gasteiger partial charge is 0.306 e. The van der Waals surface area contributed by atoms with E-state index in [0.29, 0.717) is 0 Å². The molecular formula is C24H33NO3. The molecule has 1 aliphatic rings. The van der Waals surface area contributed by atoms with Gasteiger partial charge in [0.05, 0.1) is 12.5 Å². The third-order valence-electron chi connectivity index (χ3n) is 5.82. The second-order valence-electron chi connectivity index (χ2n) is 7.91. The molecule has 0 saturated carbocycles. The van der Waals surface area contributed by atoms with Crippen molar-refractivity contribution >= 4 is 16.7 Å². The fourth-order valence-electron chi connectivity index (χ4n) is 4.06. The first-order valence-electron chi connectivity index (χ1n) is 10.8. The van der Waals surface area contributed by atoms with Gasteiger partial charge in [-0.2, -0.15) is 0 Å². The van der Waals surface area contributed by atoms with E-state index in [1.54, 1.807) is 0 Å². The molecule has 2 aromatic carbocycles. The first kappa shape index (κ1) is 20.7. The zero-order valence-corrected chi connectivity index (χ0v) is 17.0. The molecule has 1 N–H and O–H groups in total. The summed E-state index contributed by atoms with van der Waals surface area (Å²) in [4.78, 5) is 13.6. The van der Waals surface area contributed by atoms with E-state index in [-0.39, 0.29) is 5.92 Å². The lowest BCUT2D eigenvalue weighted by Crippen LogP contribution is -2.36. The number of hydrogen-bond donors (Lipinski definition) is 1. The Kier molecular flexibility index (Phi) is 7.72. The number of rotatable bonds is 10. The van der Waals surface area contributed by atoms with Crippen LogP contribution in [0.1, 0.15) is 57.4 Å². The van der Waals surface area contributed by atoms with Crippen molar-refractivity contribution in [2.45, 2.75) is 58.4 Å². The summed E-state index contributed by atoms with van der Waals surface area (Å²) in [6.07, 6.45) is 7.61. The highest BCUT2D eigenvalue weighted by atomic mass is 16.5. The van der Waals surface area contributed by atoms with Crippen LogP contribution in [0.5, 0.6) is 5.75 Å². The molecule has 0 radical (unpaired) electrons. The molecule has 0 unspecified atom stereocenters. The van der Waals surface area contributed by atoms with Gasteiger partial charge in [-0.15, -0.1) is 0 Å². The van der Waals surface area contributed by atoms with Gasteiger partial charge in [0, 0.05) is 12.1 Å². The number of unbranched alkanes of at least 4 members (excludes halogenated alkanes) is 4. The van der Waals surface area contributed by atoms with Crippen molar-refractivity contribution in [1.29, 1.82) is 0 Å². The Morgan fingerprint density at radius 1 is 1.07 bits per heavy atom. The first-order chi connectivity index (χ1) is 13.7. The molecule has 0 amide bonds. The van der Waals surface area contributed by atoms with Gasteiger partial charge in [0.25, 0.3) is 0 Å². The largest absolute Gasteiger partial charge is 0.493 e. The minimum Gasteiger partial charge on any atom is -0.493 e. The zero-order valence-electron chi connectivity index (χ0n) is 17.0. The molecule has 2 aromatic rings. The van der Waals surface area contributed by atoms with Crippen LogP contribution in [0.15, 0.2) is 36.4 Å². The third kappa shape index (κ3) is 5.48. The number of piperidine rings is 1. The van der Waals surface area contributed by atoms with Gasteiger partial charge in [0.15, 0.2) is 0 Å². The molecule has 1 heterocycles. The van der Waals surface area contributed by atoms with Crippen molar-refractivity contribution in [3.8, 4) is 5.75 Å². The van der Waals surface area contributed by atoms with Gasteiger partial charge >= 0.3 is 5.97 Å². The summed E-state index contributed by atoms with van der Waals surface area (Å²) in [7, 11) is 0. The number of carbonyl (C=O) groups is 1. The van der Waals surface area contributed by atoms with Crippen LogP contribution in [0, 0.1) is 5.92 Å². The lowest BCUT2D eigenvalue weighted by molar-refractivity contribution is -0.143. The van der Waals surface area contributed by atoms with Crippen LogP contribution >= 0.6 is 0 Å². The maximum Gasteiger partial charge on any atom is 0.306 e. The Hall–Kier alpha value is -2.07. The Bertz CT molecular complexity index is 766. The molecule has 152 valence electrons. The van der Waals surface area contributed by atoms with E-state index in [4.69, 9.17) is 4.74 Å². The second-order valence-corrected chi connectivity index (χ2v) is 7.91. The molecule has 1 saturated heterocycles. The van der Waals surface area contributed by atoms with Crippen LogP contribution in [-0.4, -0.2) is 35.7 Å². The van der Waals surface area contributed by atoms with E-state index in [0.717, 1.165) is 51.3 Å². The fourth-order valence-corrected chi connectivity index (χ4v) is 4.06. The number of likely N-dealkylation sites (tertiary alicyclic amines) is 1. The quantitative estimate of drug-likeness (QED) is 0.552. The number of carboxylic acids is 1. The van der Waals surface area contributed by atoms with E-state index in [9.17, 15) is 9.90 Å². The highest BCUT2D eigenvalue weighted by Crippen LogP contribution is 2.31. The standard InChI is InChI=1S/C24H33NO3/c1-2-3-4-5-8-17-28-23-12-11-19-9-6-7-10-21(19)22(23)18-25-15-13-20(14-16-25)24(26)27/h6-7,9-12,20H,2-5,8,13-18H2,1H3,(H,26,27). The Labute approximate surface area is 168 Å². The van der Waals surface area contributed by atoms with Crippen LogP contribution in [0.3, 0.4) is 0 Å². The van der Waals surface area contributed by atoms with E-state index >= 15 is 0 Å². The van der Waals surface area contributed by atoms with Crippen molar-refractivity contribution < 1.29 is 14.6 Å². The number of carboxylic acid groups (broad SMARTS) is 1. The molecule has 0 atom stereocenters. The molecule has 3 rings (SSSR count). The Morgan fingerprint density at radius 3 is 2.57 bits per heavy atom. The van der Waals surface area contributed by atoms with Gasteiger partial charge in [0.1, 0.15) is 5.75 Å². The topological polar surface area (TPSA) is 49.8 Å². The van der Waals surface area contributed by atoms with Crippen LogP contribution < -0.4 is 4.74 Å². The van der Waals surface area contributed by atoms with Crippen molar-refractivity contribution in [2.24, 2.45) is 5.92 Å². The normalized spacial score (nSPS) is 15.8. The van der Waals surface area contributed by atoms with Crippen LogP contribution in [0.2, 0.25) is 0 Å². The molecule has 0 spiro atoms. The zero-order chi connectivity index (χ0) is 19.8. The van der Waals surface area contributed by atoms with Gasteiger partial charge in [0.2, 0.25) is 0 Å². The minimum atomic E-state index is -0.656. The Morgan fingerprint density at radius 2 is 1.82 bits per heavy atom. The lowest BCUT2D eigenvalue weighted by atomic mass is 9.96. The van der Waals surface area contributed by atoms with Crippen LogP contribution in [0.4, 0.5) is 0 Å². The van der Waals surface area contributed by atoms with Crippen molar-refractivity contribution in [2.75, 3.05) is 19.7 Å². The monoisotopic (exact) mass is 383 g/mol. The summed E-state index contributed by atoms with van der Waals surface area (Å²) in [5.41, 5.74) is 1.24. The predicted octanol–water partition coefficient (Wildman–Crippen LogP) is 5.49. The molecular weight excluding hydrogens is 350 g/mol. The summed E-state index contributed by atoms with van der Waals surface area (Å²) in [5, 5.41) is 11.7. The summed E-state index contributed by atoms with van der Waals surface area (Å²) in [6.45, 7) is 5.47. The van der Waals surface area contributed by atoms with Crippen LogP contribution in [-0.2, 0) is 11.3 Å². The Balaban J connectivity index is 1.68. The molecule has 4 heteroatoms. The molecule has 0 bridgehead atoms. The van der Waals surface area contributed by atoms with Gasteiger partial charge in [-0.3, -0.25) is 9.69 Å². The summed E-state index contributed by atoms with van der Waals surface area (Å²) >= 11 is 0. The summed E-state index contributed by atoms with van der Waals surface area (Å²) < 4.78 is 6.21. The molecule has 0 aromatic heterocycles. The number of ether oxygens (including phenoxy) is 1. The van der Waals surface area contributed by atoms with E-state index in [1.807, 2.05) is 0 Å². The number of hydrogen-bond acceptors (Lipinski definition) is 3. The maximum atomic E-state index is 11.2. The number of nitrogens with zero attached hydrogens (tertiary/aromatic N) is 1. The lowest BCUT2D eigenvalue weighted by Gasteiger charge is -2.31. The number of aliphatic carboxylic acids is 1. The summed E-state index contributed by atoms with van der Waals surface area (Å²) in [5.74, 6) is 0.133. The van der Waals surface area contributed by atoms with Gasteiger partial charge in [-0.25, -0.2) is 0 Å². The van der Waals surface area contributed by atoms with Crippen molar-refractivity contribution in [1.82, 2.24) is 4.90 Å². The van der Waals surface area contributed by atoms with Gasteiger partial charge < -0.3 is 9.84 Å². The van der Waals surface area contributed by atoms with Crippen molar-refractivity contribution in [3.05, 3.63) is 42.0 Å². The fraction of sp³-hybridized carbons (Fsp3) is 0.542. The molecule has 28 heavy (non-hydrogen) atoms. The predicted molar refractivity (Wildman–Crippen MR) is 114 cm³/mol. The third-order valence-corrected chi connectivity index (χ3v) is 5.82. The number of benzene rings is 2. The molecule has 0 aliphatic carbocycles. The van der Waals surface area contributed by atoms with Gasteiger partial charge in [-0.05, 0) is 49.2 Å². The van der Waals surface area contributed by atoms with E-state index < -0.39 is 5.97 Å². The van der Waals surface area contributed by atoms with Gasteiger partial charge in [-0.1, -0.05) is 62.9 Å². The highest BCUT2D eigenvalue weighted by molar-refractivity contribution is 5.87. The average molecular weight is 384 g/mol. The van der Waals surface area contributed by atoms with E-state index in [1.165, 1.54) is 42.0 Å². The van der Waals surface area contributed by atoms with Crippen molar-refractivity contribution in [3.63, 3.8) is 0 Å². The average Bonchev–Trinajstić information content (AvgIpc) is 2.72. The molecule has 1 fully saturated rings. The molecule has 4 nitrogen and oxygen atoms in total. The van der Waals surface area contributed by atoms with E-state index in [2.05, 4.69) is 48.2 Å². The summed E-state index contributed by atoms with van der Waals surface area (Å²) in [6, 6.07) is 12.7. The SMILES string of the molecule is CCCCCCCOc1ccc2ccccc2c1CN1CCC(C(=O)O)CC1. The first-order valence-corrected chi connectivity index (χ1v) is 10.8. The van der Waals surface area contributed by atoms with Crippen LogP contribution in [0.25, 0.3) is 10.8 Å². The maximum absolute atomic E-state index is 11.2. The minimum absolute atomic E-state index is 0.192. The highest BCUT2D eigenvalue weighted by Gasteiger charge is 2.25. The number of fused-ring (bicyclic) bond motifs is 1. The molecule has 1 aliphatic heterocycles. The second kappa shape index (κ2) is 10.5.